The van der Waals surface area contributed by atoms with Gasteiger partial charge in [-0.1, -0.05) is 262 Å². The van der Waals surface area contributed by atoms with E-state index < -0.39 is 6.10 Å². The Balaban J connectivity index is 4.21. The van der Waals surface area contributed by atoms with Crippen molar-refractivity contribution in [1.82, 2.24) is 0 Å². The largest absolute Gasteiger partial charge is 0.462 e. The number of ether oxygens (including phenoxy) is 3. The van der Waals surface area contributed by atoms with Crippen molar-refractivity contribution >= 4 is 17.9 Å². The van der Waals surface area contributed by atoms with Crippen LogP contribution in [0.2, 0.25) is 0 Å². The zero-order valence-corrected chi connectivity index (χ0v) is 47.5. The summed E-state index contributed by atoms with van der Waals surface area (Å²) >= 11 is 0. The third-order valence-electron chi connectivity index (χ3n) is 13.8. The second-order valence-electron chi connectivity index (χ2n) is 21.0. The Hall–Kier alpha value is -2.63. The predicted molar refractivity (Wildman–Crippen MR) is 307 cm³/mol. The Morgan fingerprint density at radius 3 is 0.845 bits per heavy atom. The molecule has 6 nitrogen and oxygen atoms in total. The Bertz CT molecular complexity index is 1230. The fourth-order valence-corrected chi connectivity index (χ4v) is 9.06. The molecule has 0 bridgehead atoms. The molecule has 0 amide bonds. The summed E-state index contributed by atoms with van der Waals surface area (Å²) < 4.78 is 16.9. The van der Waals surface area contributed by atoms with E-state index in [-0.39, 0.29) is 31.1 Å². The quantitative estimate of drug-likeness (QED) is 0.0261. The van der Waals surface area contributed by atoms with Crippen LogP contribution in [0.25, 0.3) is 0 Å². The van der Waals surface area contributed by atoms with Gasteiger partial charge >= 0.3 is 17.9 Å². The molecular formula is C65H118O6. The van der Waals surface area contributed by atoms with Gasteiger partial charge in [0.1, 0.15) is 13.2 Å². The number of carbonyl (C=O) groups is 3. The van der Waals surface area contributed by atoms with Crippen molar-refractivity contribution in [2.75, 3.05) is 13.2 Å². The van der Waals surface area contributed by atoms with Gasteiger partial charge in [0.2, 0.25) is 0 Å². The lowest BCUT2D eigenvalue weighted by atomic mass is 10.0. The fourth-order valence-electron chi connectivity index (χ4n) is 9.06. The third-order valence-corrected chi connectivity index (χ3v) is 13.8. The van der Waals surface area contributed by atoms with Crippen molar-refractivity contribution in [3.05, 3.63) is 48.6 Å². The van der Waals surface area contributed by atoms with E-state index in [0.717, 1.165) is 77.0 Å². The van der Waals surface area contributed by atoms with Crippen LogP contribution in [-0.2, 0) is 28.6 Å². The van der Waals surface area contributed by atoms with Crippen LogP contribution in [0.15, 0.2) is 48.6 Å². The number of carbonyl (C=O) groups excluding carboxylic acids is 3. The highest BCUT2D eigenvalue weighted by atomic mass is 16.6. The molecule has 414 valence electrons. The smallest absolute Gasteiger partial charge is 0.306 e. The number of hydrogen-bond donors (Lipinski definition) is 0. The molecule has 0 saturated carbocycles. The van der Waals surface area contributed by atoms with E-state index in [1.165, 1.54) is 212 Å². The molecular weight excluding hydrogens is 877 g/mol. The lowest BCUT2D eigenvalue weighted by Crippen LogP contribution is -2.30. The first-order valence-electron chi connectivity index (χ1n) is 31.1. The van der Waals surface area contributed by atoms with Crippen LogP contribution in [0.5, 0.6) is 0 Å². The molecule has 1 unspecified atom stereocenters. The van der Waals surface area contributed by atoms with Gasteiger partial charge in [0.25, 0.3) is 0 Å². The van der Waals surface area contributed by atoms with E-state index in [9.17, 15) is 14.4 Å². The summed E-state index contributed by atoms with van der Waals surface area (Å²) in [7, 11) is 0. The van der Waals surface area contributed by atoms with Gasteiger partial charge in [0, 0.05) is 19.3 Å². The minimum Gasteiger partial charge on any atom is -0.462 e. The lowest BCUT2D eigenvalue weighted by molar-refractivity contribution is -0.167. The van der Waals surface area contributed by atoms with Crippen molar-refractivity contribution in [2.24, 2.45) is 0 Å². The highest BCUT2D eigenvalue weighted by molar-refractivity contribution is 5.71. The van der Waals surface area contributed by atoms with Crippen LogP contribution in [-0.4, -0.2) is 37.2 Å². The van der Waals surface area contributed by atoms with Gasteiger partial charge in [-0.25, -0.2) is 0 Å². The maximum Gasteiger partial charge on any atom is 0.306 e. The van der Waals surface area contributed by atoms with E-state index in [4.69, 9.17) is 14.2 Å². The summed E-state index contributed by atoms with van der Waals surface area (Å²) in [4.78, 5) is 38.2. The summed E-state index contributed by atoms with van der Waals surface area (Å²) in [6.07, 6.45) is 74.1. The molecule has 6 heteroatoms. The molecule has 71 heavy (non-hydrogen) atoms. The molecule has 1 atom stereocenters. The predicted octanol–water partition coefficient (Wildman–Crippen LogP) is 21.0. The Kier molecular flexibility index (Phi) is 57.7. The molecule has 0 saturated heterocycles. The van der Waals surface area contributed by atoms with Crippen LogP contribution < -0.4 is 0 Å². The molecule has 0 N–H and O–H groups in total. The number of rotatable bonds is 57. The van der Waals surface area contributed by atoms with Crippen molar-refractivity contribution in [1.29, 1.82) is 0 Å². The second-order valence-corrected chi connectivity index (χ2v) is 21.0. The van der Waals surface area contributed by atoms with Crippen LogP contribution in [0, 0.1) is 0 Å². The molecule has 0 aromatic carbocycles. The Morgan fingerprint density at radius 1 is 0.282 bits per heavy atom. The first-order chi connectivity index (χ1) is 35.0. The molecule has 0 aromatic rings. The zero-order valence-electron chi connectivity index (χ0n) is 47.5. The van der Waals surface area contributed by atoms with E-state index in [1.54, 1.807) is 0 Å². The van der Waals surface area contributed by atoms with Crippen LogP contribution in [0.1, 0.15) is 329 Å². The molecule has 0 rings (SSSR count). The van der Waals surface area contributed by atoms with Crippen LogP contribution >= 0.6 is 0 Å². The van der Waals surface area contributed by atoms with Crippen molar-refractivity contribution in [2.45, 2.75) is 335 Å². The first-order valence-corrected chi connectivity index (χ1v) is 31.1. The topological polar surface area (TPSA) is 78.9 Å². The Labute approximate surface area is 441 Å². The minimum absolute atomic E-state index is 0.0757. The maximum absolute atomic E-state index is 12.9. The number of unbranched alkanes of at least 4 members (excludes halogenated alkanes) is 38. The lowest BCUT2D eigenvalue weighted by Gasteiger charge is -2.18. The van der Waals surface area contributed by atoms with Gasteiger partial charge in [0.05, 0.1) is 0 Å². The van der Waals surface area contributed by atoms with E-state index >= 15 is 0 Å². The standard InChI is InChI=1S/C65H118O6/c1-4-7-10-13-16-19-22-24-26-28-30-31-32-33-34-35-36-38-39-41-43-46-49-52-55-58-64(67)70-61-62(60-69-63(66)57-54-51-48-45-21-18-15-12-9-6-3)71-65(68)59-56-53-50-47-44-42-40-37-29-27-25-23-20-17-14-11-8-5-2/h12,15,22,24,27-30,62H,4-11,13-14,16-21,23,25-26,31-61H2,1-3H3/b15-12-,24-22-,29-27-,30-28-. The van der Waals surface area contributed by atoms with Crippen molar-refractivity contribution in [3.63, 3.8) is 0 Å². The molecule has 0 aliphatic carbocycles. The first kappa shape index (κ1) is 68.4. The second kappa shape index (κ2) is 59.9. The minimum atomic E-state index is -0.778. The van der Waals surface area contributed by atoms with Gasteiger partial charge < -0.3 is 14.2 Å². The van der Waals surface area contributed by atoms with Gasteiger partial charge in [-0.15, -0.1) is 0 Å². The maximum atomic E-state index is 12.9. The average Bonchev–Trinajstić information content (AvgIpc) is 3.37. The highest BCUT2D eigenvalue weighted by Gasteiger charge is 2.19. The van der Waals surface area contributed by atoms with Crippen molar-refractivity contribution in [3.8, 4) is 0 Å². The summed E-state index contributed by atoms with van der Waals surface area (Å²) in [5.41, 5.74) is 0. The fraction of sp³-hybridized carbons (Fsp3) is 0.831. The molecule has 0 spiro atoms. The summed E-state index contributed by atoms with van der Waals surface area (Å²) in [5.74, 6) is -0.877. The average molecular weight is 996 g/mol. The van der Waals surface area contributed by atoms with Crippen LogP contribution in [0.4, 0.5) is 0 Å². The van der Waals surface area contributed by atoms with Gasteiger partial charge in [-0.05, 0) is 96.3 Å². The molecule has 0 heterocycles. The normalized spacial score (nSPS) is 12.3. The summed E-state index contributed by atoms with van der Waals surface area (Å²) in [5, 5.41) is 0. The monoisotopic (exact) mass is 995 g/mol. The molecule has 0 aromatic heterocycles. The van der Waals surface area contributed by atoms with Gasteiger partial charge in [0.15, 0.2) is 6.10 Å². The van der Waals surface area contributed by atoms with E-state index in [2.05, 4.69) is 69.4 Å². The third kappa shape index (κ3) is 58.1. The molecule has 0 radical (unpaired) electrons. The van der Waals surface area contributed by atoms with Gasteiger partial charge in [-0.3, -0.25) is 14.4 Å². The van der Waals surface area contributed by atoms with Gasteiger partial charge in [-0.2, -0.15) is 0 Å². The number of allylic oxidation sites excluding steroid dienone is 8. The molecule has 0 aliphatic rings. The SMILES string of the molecule is CCC/C=C\CCCCCCCC(=O)OCC(COC(=O)CCCCCCCCCCCCCCC/C=C\C/C=C\CCCCCCC)OC(=O)CCCCCCCCC/C=C\CCCCCCCCC. The van der Waals surface area contributed by atoms with Crippen LogP contribution in [0.3, 0.4) is 0 Å². The molecule has 0 aliphatic heterocycles. The highest BCUT2D eigenvalue weighted by Crippen LogP contribution is 2.16. The van der Waals surface area contributed by atoms with Crippen molar-refractivity contribution < 1.29 is 28.6 Å². The zero-order chi connectivity index (χ0) is 51.4. The Morgan fingerprint density at radius 2 is 0.535 bits per heavy atom. The summed E-state index contributed by atoms with van der Waals surface area (Å²) in [6.45, 7) is 6.59. The summed E-state index contributed by atoms with van der Waals surface area (Å²) in [6, 6.07) is 0. The van der Waals surface area contributed by atoms with E-state index in [1.807, 2.05) is 0 Å². The number of hydrogen-bond acceptors (Lipinski definition) is 6. The number of esters is 3. The molecule has 0 fully saturated rings. The van der Waals surface area contributed by atoms with E-state index in [0.29, 0.717) is 19.3 Å².